The first kappa shape index (κ1) is 27.8. The standard InChI is InChI=1S/C30H41NO5/c1-6-7-17-34-19-20-35-27-11-8-23(9-12-27)24-10-13-28-26(21-24)22-25(29(32)36-30(2,3)4)14-15-31(28)16-18-33-5/h8-13,21-22H,6-7,14-20H2,1-5H3. The molecule has 196 valence electrons. The maximum Gasteiger partial charge on any atom is 0.334 e. The van der Waals surface area contributed by atoms with Crippen molar-refractivity contribution >= 4 is 17.7 Å². The molecule has 6 nitrogen and oxygen atoms in total. The summed E-state index contributed by atoms with van der Waals surface area (Å²) in [4.78, 5) is 15.2. The fourth-order valence-electron chi connectivity index (χ4n) is 4.02. The number of methoxy groups -OCH3 is 1. The Bertz CT molecular complexity index is 1010. The van der Waals surface area contributed by atoms with E-state index >= 15 is 0 Å². The molecule has 0 unspecified atom stereocenters. The van der Waals surface area contributed by atoms with Gasteiger partial charge >= 0.3 is 5.97 Å². The van der Waals surface area contributed by atoms with Crippen molar-refractivity contribution in [1.82, 2.24) is 0 Å². The molecule has 0 saturated carbocycles. The Labute approximate surface area is 216 Å². The van der Waals surface area contributed by atoms with Crippen LogP contribution in [0.4, 0.5) is 5.69 Å². The largest absolute Gasteiger partial charge is 0.491 e. The van der Waals surface area contributed by atoms with Gasteiger partial charge in [-0.1, -0.05) is 31.5 Å². The molecule has 0 N–H and O–H groups in total. The Morgan fingerprint density at radius 3 is 2.42 bits per heavy atom. The third-order valence-electron chi connectivity index (χ3n) is 5.90. The van der Waals surface area contributed by atoms with E-state index in [1.165, 1.54) is 0 Å². The monoisotopic (exact) mass is 495 g/mol. The van der Waals surface area contributed by atoms with Gasteiger partial charge in [0.25, 0.3) is 0 Å². The first-order chi connectivity index (χ1) is 17.3. The lowest BCUT2D eigenvalue weighted by molar-refractivity contribution is -0.149. The van der Waals surface area contributed by atoms with Gasteiger partial charge in [-0.2, -0.15) is 0 Å². The molecule has 0 bridgehead atoms. The molecular weight excluding hydrogens is 454 g/mol. The van der Waals surface area contributed by atoms with Crippen molar-refractivity contribution in [3.8, 4) is 16.9 Å². The maximum atomic E-state index is 12.9. The molecule has 36 heavy (non-hydrogen) atoms. The SMILES string of the molecule is CCCCOCCOc1ccc(-c2ccc3c(c2)C=C(C(=O)OC(C)(C)C)CCN3CCOC)cc1. The molecule has 0 fully saturated rings. The summed E-state index contributed by atoms with van der Waals surface area (Å²) in [5.41, 5.74) is 4.42. The predicted octanol–water partition coefficient (Wildman–Crippen LogP) is 6.13. The second kappa shape index (κ2) is 13.5. The van der Waals surface area contributed by atoms with E-state index in [-0.39, 0.29) is 5.97 Å². The topological polar surface area (TPSA) is 57.2 Å². The molecule has 0 amide bonds. The van der Waals surface area contributed by atoms with Gasteiger partial charge in [-0.25, -0.2) is 4.79 Å². The normalized spacial score (nSPS) is 13.6. The fraction of sp³-hybridized carbons (Fsp3) is 0.500. The molecule has 6 heteroatoms. The lowest BCUT2D eigenvalue weighted by atomic mass is 10.00. The highest BCUT2D eigenvalue weighted by atomic mass is 16.6. The van der Waals surface area contributed by atoms with Crippen LogP contribution in [0.25, 0.3) is 17.2 Å². The van der Waals surface area contributed by atoms with Crippen LogP contribution < -0.4 is 9.64 Å². The maximum absolute atomic E-state index is 12.9. The smallest absolute Gasteiger partial charge is 0.334 e. The van der Waals surface area contributed by atoms with Crippen LogP contribution in [0.15, 0.2) is 48.0 Å². The number of benzene rings is 2. The number of ether oxygens (including phenoxy) is 4. The van der Waals surface area contributed by atoms with Gasteiger partial charge in [0, 0.05) is 38.1 Å². The average molecular weight is 496 g/mol. The summed E-state index contributed by atoms with van der Waals surface area (Å²) in [6, 6.07) is 14.5. The summed E-state index contributed by atoms with van der Waals surface area (Å²) in [6.45, 7) is 11.9. The van der Waals surface area contributed by atoms with Crippen molar-refractivity contribution in [1.29, 1.82) is 0 Å². The Morgan fingerprint density at radius 2 is 1.72 bits per heavy atom. The molecule has 1 aliphatic rings. The Hall–Kier alpha value is -2.83. The third-order valence-corrected chi connectivity index (χ3v) is 5.90. The van der Waals surface area contributed by atoms with E-state index in [2.05, 4.69) is 42.2 Å². The number of anilines is 1. The number of unbranched alkanes of at least 4 members (excludes halogenated alkanes) is 1. The van der Waals surface area contributed by atoms with Gasteiger partial charge in [0.2, 0.25) is 0 Å². The summed E-state index contributed by atoms with van der Waals surface area (Å²) >= 11 is 0. The predicted molar refractivity (Wildman–Crippen MR) is 146 cm³/mol. The van der Waals surface area contributed by atoms with Crippen LogP contribution in [0.5, 0.6) is 5.75 Å². The van der Waals surface area contributed by atoms with Crippen molar-refractivity contribution in [2.45, 2.75) is 52.6 Å². The van der Waals surface area contributed by atoms with Crippen LogP contribution in [0.1, 0.15) is 52.5 Å². The Kier molecular flexibility index (Phi) is 10.4. The minimum absolute atomic E-state index is 0.257. The number of carbonyl (C=O) groups excluding carboxylic acids is 1. The number of nitrogens with zero attached hydrogens (tertiary/aromatic N) is 1. The first-order valence-electron chi connectivity index (χ1n) is 12.9. The van der Waals surface area contributed by atoms with Gasteiger partial charge in [0.15, 0.2) is 0 Å². The number of hydrogen-bond donors (Lipinski definition) is 0. The van der Waals surface area contributed by atoms with Gasteiger partial charge in [-0.15, -0.1) is 0 Å². The van der Waals surface area contributed by atoms with Crippen molar-refractivity contribution in [3.05, 3.63) is 53.6 Å². The van der Waals surface area contributed by atoms with Gasteiger partial charge in [0.1, 0.15) is 18.0 Å². The molecular formula is C30H41NO5. The van der Waals surface area contributed by atoms with Crippen molar-refractivity contribution in [2.75, 3.05) is 51.5 Å². The van der Waals surface area contributed by atoms with Gasteiger partial charge in [-0.3, -0.25) is 0 Å². The molecule has 3 rings (SSSR count). The lowest BCUT2D eigenvalue weighted by Crippen LogP contribution is -2.29. The number of esters is 1. The zero-order chi connectivity index (χ0) is 26.0. The molecule has 1 aliphatic heterocycles. The molecule has 0 aromatic heterocycles. The zero-order valence-electron chi connectivity index (χ0n) is 22.5. The summed E-state index contributed by atoms with van der Waals surface area (Å²) in [6.07, 6.45) is 4.81. The van der Waals surface area contributed by atoms with Crippen LogP contribution in [0, 0.1) is 0 Å². The number of rotatable bonds is 12. The summed E-state index contributed by atoms with van der Waals surface area (Å²) in [5.74, 6) is 0.568. The molecule has 2 aromatic carbocycles. The zero-order valence-corrected chi connectivity index (χ0v) is 22.5. The quantitative estimate of drug-likeness (QED) is 0.261. The molecule has 0 atom stereocenters. The van der Waals surface area contributed by atoms with Crippen LogP contribution in [-0.2, 0) is 19.0 Å². The lowest BCUT2D eigenvalue weighted by Gasteiger charge is -2.25. The number of hydrogen-bond acceptors (Lipinski definition) is 6. The molecule has 0 radical (unpaired) electrons. The Morgan fingerprint density at radius 1 is 0.972 bits per heavy atom. The second-order valence-corrected chi connectivity index (χ2v) is 10.0. The van der Waals surface area contributed by atoms with Crippen LogP contribution in [0.2, 0.25) is 0 Å². The van der Waals surface area contributed by atoms with E-state index in [1.807, 2.05) is 39.0 Å². The molecule has 2 aromatic rings. The van der Waals surface area contributed by atoms with E-state index in [0.717, 1.165) is 60.7 Å². The van der Waals surface area contributed by atoms with Crippen molar-refractivity contribution in [2.24, 2.45) is 0 Å². The third kappa shape index (κ3) is 8.38. The molecule has 0 spiro atoms. The van der Waals surface area contributed by atoms with Crippen LogP contribution >= 0.6 is 0 Å². The summed E-state index contributed by atoms with van der Waals surface area (Å²) in [7, 11) is 1.71. The van der Waals surface area contributed by atoms with E-state index < -0.39 is 5.60 Å². The van der Waals surface area contributed by atoms with Crippen molar-refractivity contribution in [3.63, 3.8) is 0 Å². The Balaban J connectivity index is 1.78. The van der Waals surface area contributed by atoms with E-state index in [0.29, 0.717) is 31.8 Å². The van der Waals surface area contributed by atoms with Crippen LogP contribution in [-0.4, -0.2) is 58.2 Å². The molecule has 0 saturated heterocycles. The highest BCUT2D eigenvalue weighted by Gasteiger charge is 2.24. The summed E-state index contributed by atoms with van der Waals surface area (Å²) in [5, 5.41) is 0. The van der Waals surface area contributed by atoms with Crippen LogP contribution in [0.3, 0.4) is 0 Å². The second-order valence-electron chi connectivity index (χ2n) is 10.0. The highest BCUT2D eigenvalue weighted by molar-refractivity contribution is 5.96. The van der Waals surface area contributed by atoms with Gasteiger partial charge < -0.3 is 23.8 Å². The summed E-state index contributed by atoms with van der Waals surface area (Å²) < 4.78 is 22.4. The minimum atomic E-state index is -0.532. The fourth-order valence-corrected chi connectivity index (χ4v) is 4.02. The highest BCUT2D eigenvalue weighted by Crippen LogP contribution is 2.33. The minimum Gasteiger partial charge on any atom is -0.491 e. The van der Waals surface area contributed by atoms with E-state index in [9.17, 15) is 4.79 Å². The molecule has 0 aliphatic carbocycles. The van der Waals surface area contributed by atoms with Gasteiger partial charge in [0.05, 0.1) is 13.2 Å². The number of fused-ring (bicyclic) bond motifs is 1. The first-order valence-corrected chi connectivity index (χ1v) is 12.9. The van der Waals surface area contributed by atoms with E-state index in [4.69, 9.17) is 18.9 Å². The average Bonchev–Trinajstić information content (AvgIpc) is 3.03. The van der Waals surface area contributed by atoms with Gasteiger partial charge in [-0.05, 0) is 80.6 Å². The molecule has 1 heterocycles. The van der Waals surface area contributed by atoms with E-state index in [1.54, 1.807) is 7.11 Å². The van der Waals surface area contributed by atoms with Crippen molar-refractivity contribution < 1.29 is 23.7 Å². The number of carbonyl (C=O) groups is 1.